The molecule has 3 nitrogen and oxygen atoms in total. The lowest BCUT2D eigenvalue weighted by molar-refractivity contribution is 0.640. The predicted molar refractivity (Wildman–Crippen MR) is 80.1 cm³/mol. The summed E-state index contributed by atoms with van der Waals surface area (Å²) in [4.78, 5) is 0. The molecule has 0 saturated heterocycles. The number of aromatic nitrogens is 2. The number of nitrogens with one attached hydrogen (secondary N) is 1. The van der Waals surface area contributed by atoms with Gasteiger partial charge in [0.1, 0.15) is 0 Å². The standard InChI is InChI=1S/C16H23N3/c1-4-9-17-11-14-7-6-8-15(10-14)16-12-18-19(5-2)13(16)3/h6-8,10,12,17H,4-5,9,11H2,1-3H3. The highest BCUT2D eigenvalue weighted by Crippen LogP contribution is 2.23. The second kappa shape index (κ2) is 6.53. The van der Waals surface area contributed by atoms with Gasteiger partial charge in [0.25, 0.3) is 0 Å². The summed E-state index contributed by atoms with van der Waals surface area (Å²) in [5.74, 6) is 0. The van der Waals surface area contributed by atoms with Crippen molar-refractivity contribution in [3.63, 3.8) is 0 Å². The lowest BCUT2D eigenvalue weighted by atomic mass is 10.0. The van der Waals surface area contributed by atoms with Crippen LogP contribution in [0.15, 0.2) is 30.5 Å². The molecule has 2 rings (SSSR count). The van der Waals surface area contributed by atoms with E-state index >= 15 is 0 Å². The quantitative estimate of drug-likeness (QED) is 0.804. The fourth-order valence-electron chi connectivity index (χ4n) is 2.31. The smallest absolute Gasteiger partial charge is 0.0571 e. The van der Waals surface area contributed by atoms with E-state index in [-0.39, 0.29) is 0 Å². The van der Waals surface area contributed by atoms with Crippen molar-refractivity contribution < 1.29 is 0 Å². The Morgan fingerprint density at radius 1 is 1.26 bits per heavy atom. The zero-order valence-electron chi connectivity index (χ0n) is 12.1. The van der Waals surface area contributed by atoms with Crippen molar-refractivity contribution in [2.45, 2.75) is 40.3 Å². The molecule has 1 aromatic carbocycles. The maximum atomic E-state index is 4.42. The van der Waals surface area contributed by atoms with Crippen molar-refractivity contribution in [2.24, 2.45) is 0 Å². The van der Waals surface area contributed by atoms with Gasteiger partial charge in [-0.15, -0.1) is 0 Å². The molecule has 0 atom stereocenters. The van der Waals surface area contributed by atoms with Gasteiger partial charge in [-0.1, -0.05) is 25.1 Å². The van der Waals surface area contributed by atoms with Crippen molar-refractivity contribution in [1.29, 1.82) is 0 Å². The summed E-state index contributed by atoms with van der Waals surface area (Å²) < 4.78 is 2.04. The Morgan fingerprint density at radius 3 is 2.79 bits per heavy atom. The highest BCUT2D eigenvalue weighted by molar-refractivity contribution is 5.65. The van der Waals surface area contributed by atoms with Crippen molar-refractivity contribution in [2.75, 3.05) is 6.54 Å². The number of aryl methyl sites for hydroxylation is 1. The molecule has 0 aliphatic heterocycles. The summed E-state index contributed by atoms with van der Waals surface area (Å²) >= 11 is 0. The predicted octanol–water partition coefficient (Wildman–Crippen LogP) is 3.38. The van der Waals surface area contributed by atoms with E-state index in [0.717, 1.165) is 19.6 Å². The van der Waals surface area contributed by atoms with Gasteiger partial charge in [-0.2, -0.15) is 5.10 Å². The number of rotatable bonds is 6. The van der Waals surface area contributed by atoms with E-state index in [1.807, 2.05) is 10.9 Å². The van der Waals surface area contributed by atoms with Gasteiger partial charge in [-0.05, 0) is 44.0 Å². The van der Waals surface area contributed by atoms with Gasteiger partial charge in [-0.3, -0.25) is 4.68 Å². The minimum atomic E-state index is 0.920. The Labute approximate surface area is 115 Å². The summed E-state index contributed by atoms with van der Waals surface area (Å²) in [5.41, 5.74) is 5.06. The zero-order chi connectivity index (χ0) is 13.7. The molecule has 19 heavy (non-hydrogen) atoms. The molecule has 0 fully saturated rings. The van der Waals surface area contributed by atoms with Gasteiger partial charge < -0.3 is 5.32 Å². The largest absolute Gasteiger partial charge is 0.313 e. The molecule has 0 spiro atoms. The zero-order valence-corrected chi connectivity index (χ0v) is 12.1. The molecule has 0 aliphatic carbocycles. The third-order valence-corrected chi connectivity index (χ3v) is 3.40. The van der Waals surface area contributed by atoms with E-state index in [9.17, 15) is 0 Å². The molecule has 3 heteroatoms. The summed E-state index contributed by atoms with van der Waals surface area (Å²) in [6, 6.07) is 8.72. The van der Waals surface area contributed by atoms with E-state index in [1.54, 1.807) is 0 Å². The number of hydrogen-bond acceptors (Lipinski definition) is 2. The summed E-state index contributed by atoms with van der Waals surface area (Å²) in [5, 5.41) is 7.86. The molecule has 2 aromatic rings. The molecule has 0 aliphatic rings. The highest BCUT2D eigenvalue weighted by Gasteiger charge is 2.07. The molecule has 1 heterocycles. The fraction of sp³-hybridized carbons (Fsp3) is 0.438. The summed E-state index contributed by atoms with van der Waals surface area (Å²) in [6.45, 7) is 9.36. The number of nitrogens with zero attached hydrogens (tertiary/aromatic N) is 2. The van der Waals surface area contributed by atoms with Gasteiger partial charge in [0.2, 0.25) is 0 Å². The van der Waals surface area contributed by atoms with E-state index in [4.69, 9.17) is 0 Å². The van der Waals surface area contributed by atoms with Gasteiger partial charge in [0, 0.05) is 24.3 Å². The molecule has 1 aromatic heterocycles. The van der Waals surface area contributed by atoms with Crippen LogP contribution in [0.4, 0.5) is 0 Å². The molecular weight excluding hydrogens is 234 g/mol. The van der Waals surface area contributed by atoms with Gasteiger partial charge in [-0.25, -0.2) is 0 Å². The van der Waals surface area contributed by atoms with Crippen molar-refractivity contribution in [1.82, 2.24) is 15.1 Å². The van der Waals surface area contributed by atoms with Gasteiger partial charge >= 0.3 is 0 Å². The first-order valence-corrected chi connectivity index (χ1v) is 7.08. The Balaban J connectivity index is 2.20. The number of benzene rings is 1. The average molecular weight is 257 g/mol. The first-order chi connectivity index (χ1) is 9.26. The highest BCUT2D eigenvalue weighted by atomic mass is 15.3. The summed E-state index contributed by atoms with van der Waals surface area (Å²) in [7, 11) is 0. The van der Waals surface area contributed by atoms with E-state index < -0.39 is 0 Å². The van der Waals surface area contributed by atoms with E-state index in [2.05, 4.69) is 55.5 Å². The van der Waals surface area contributed by atoms with Crippen LogP contribution < -0.4 is 5.32 Å². The molecule has 0 amide bonds. The Hall–Kier alpha value is -1.61. The minimum Gasteiger partial charge on any atom is -0.313 e. The second-order valence-electron chi connectivity index (χ2n) is 4.84. The third kappa shape index (κ3) is 3.24. The van der Waals surface area contributed by atoms with Gasteiger partial charge in [0.15, 0.2) is 0 Å². The van der Waals surface area contributed by atoms with E-state index in [0.29, 0.717) is 0 Å². The monoisotopic (exact) mass is 257 g/mol. The summed E-state index contributed by atoms with van der Waals surface area (Å²) in [6.07, 6.45) is 3.14. The van der Waals surface area contributed by atoms with Crippen LogP contribution in [0.25, 0.3) is 11.1 Å². The molecule has 102 valence electrons. The van der Waals surface area contributed by atoms with Crippen molar-refractivity contribution >= 4 is 0 Å². The first kappa shape index (κ1) is 13.8. The van der Waals surface area contributed by atoms with Crippen LogP contribution in [0.3, 0.4) is 0 Å². The van der Waals surface area contributed by atoms with Crippen LogP contribution in [0.2, 0.25) is 0 Å². The lowest BCUT2D eigenvalue weighted by Crippen LogP contribution is -2.13. The number of hydrogen-bond donors (Lipinski definition) is 1. The van der Waals surface area contributed by atoms with E-state index in [1.165, 1.54) is 28.8 Å². The van der Waals surface area contributed by atoms with Crippen LogP contribution in [-0.2, 0) is 13.1 Å². The molecule has 0 unspecified atom stereocenters. The van der Waals surface area contributed by atoms with Crippen molar-refractivity contribution in [3.8, 4) is 11.1 Å². The Morgan fingerprint density at radius 2 is 2.11 bits per heavy atom. The maximum absolute atomic E-state index is 4.42. The SMILES string of the molecule is CCCNCc1cccc(-c2cnn(CC)c2C)c1. The normalized spacial score (nSPS) is 10.9. The Bertz CT molecular complexity index is 529. The fourth-order valence-corrected chi connectivity index (χ4v) is 2.31. The molecule has 1 N–H and O–H groups in total. The van der Waals surface area contributed by atoms with Crippen molar-refractivity contribution in [3.05, 3.63) is 41.7 Å². The average Bonchev–Trinajstić information content (AvgIpc) is 2.80. The van der Waals surface area contributed by atoms with Crippen LogP contribution in [0, 0.1) is 6.92 Å². The van der Waals surface area contributed by atoms with Crippen LogP contribution in [-0.4, -0.2) is 16.3 Å². The minimum absolute atomic E-state index is 0.920. The molecular formula is C16H23N3. The van der Waals surface area contributed by atoms with Crippen LogP contribution in [0.1, 0.15) is 31.5 Å². The molecule has 0 bridgehead atoms. The third-order valence-electron chi connectivity index (χ3n) is 3.40. The van der Waals surface area contributed by atoms with Gasteiger partial charge in [0.05, 0.1) is 6.20 Å². The van der Waals surface area contributed by atoms with Crippen LogP contribution >= 0.6 is 0 Å². The molecule has 0 saturated carbocycles. The molecule has 0 radical (unpaired) electrons. The first-order valence-electron chi connectivity index (χ1n) is 7.08. The maximum Gasteiger partial charge on any atom is 0.0571 e. The van der Waals surface area contributed by atoms with Crippen LogP contribution in [0.5, 0.6) is 0 Å². The lowest BCUT2D eigenvalue weighted by Gasteiger charge is -2.07. The second-order valence-corrected chi connectivity index (χ2v) is 4.84. The Kier molecular flexibility index (Phi) is 4.74. The topological polar surface area (TPSA) is 29.9 Å².